The molecule has 30 heavy (non-hydrogen) atoms. The maximum absolute atomic E-state index is 6.25. The Morgan fingerprint density at radius 1 is 1.00 bits per heavy atom. The van der Waals surface area contributed by atoms with E-state index in [2.05, 4.69) is 51.4 Å². The van der Waals surface area contributed by atoms with Crippen LogP contribution < -0.4 is 5.32 Å². The molecule has 0 aliphatic carbocycles. The molecular formula is C23H26ClN5S. The quantitative estimate of drug-likeness (QED) is 0.596. The van der Waals surface area contributed by atoms with Crippen molar-refractivity contribution in [1.82, 2.24) is 19.6 Å². The molecule has 5 nitrogen and oxygen atoms in total. The molecule has 0 radical (unpaired) electrons. The minimum absolute atomic E-state index is 0.631. The van der Waals surface area contributed by atoms with Gasteiger partial charge in [0.2, 0.25) is 0 Å². The minimum Gasteiger partial charge on any atom is -0.346 e. The Labute approximate surface area is 188 Å². The topological polar surface area (TPSA) is 36.3 Å². The summed E-state index contributed by atoms with van der Waals surface area (Å²) in [7, 11) is 0. The first-order chi connectivity index (χ1) is 14.6. The number of piperazine rings is 1. The fourth-order valence-corrected chi connectivity index (χ4v) is 4.05. The number of anilines is 1. The maximum atomic E-state index is 6.25. The highest BCUT2D eigenvalue weighted by molar-refractivity contribution is 7.80. The van der Waals surface area contributed by atoms with E-state index in [0.717, 1.165) is 54.2 Å². The minimum atomic E-state index is 0.631. The smallest absolute Gasteiger partial charge is 0.174 e. The molecule has 1 aliphatic rings. The summed E-state index contributed by atoms with van der Waals surface area (Å²) < 4.78 is 1.87. The molecule has 0 atom stereocenters. The Morgan fingerprint density at radius 3 is 2.47 bits per heavy atom. The third-order valence-corrected chi connectivity index (χ3v) is 6.08. The first-order valence-corrected chi connectivity index (χ1v) is 11.0. The van der Waals surface area contributed by atoms with Crippen LogP contribution in [0.25, 0.3) is 0 Å². The average molecular weight is 440 g/mol. The van der Waals surface area contributed by atoms with Gasteiger partial charge in [0.1, 0.15) is 0 Å². The van der Waals surface area contributed by atoms with Crippen molar-refractivity contribution in [2.24, 2.45) is 0 Å². The number of nitrogens with one attached hydrogen (secondary N) is 1. The fraction of sp³-hybridized carbons (Fsp3) is 0.304. The van der Waals surface area contributed by atoms with Crippen molar-refractivity contribution in [1.29, 1.82) is 0 Å². The summed E-state index contributed by atoms with van der Waals surface area (Å²) in [5.41, 5.74) is 3.70. The normalized spacial score (nSPS) is 14.7. The summed E-state index contributed by atoms with van der Waals surface area (Å²) in [5, 5.41) is 9.34. The lowest BCUT2D eigenvalue weighted by Gasteiger charge is -2.36. The molecule has 1 N–H and O–H groups in total. The van der Waals surface area contributed by atoms with Crippen molar-refractivity contribution < 1.29 is 0 Å². The third-order valence-electron chi connectivity index (χ3n) is 5.35. The van der Waals surface area contributed by atoms with Crippen molar-refractivity contribution in [2.45, 2.75) is 20.0 Å². The Kier molecular flexibility index (Phi) is 6.67. The number of hydrogen-bond acceptors (Lipinski definition) is 3. The molecule has 0 unspecified atom stereocenters. The lowest BCUT2D eigenvalue weighted by atomic mass is 10.1. The van der Waals surface area contributed by atoms with Gasteiger partial charge in [0, 0.05) is 50.0 Å². The Balaban J connectivity index is 1.26. The lowest BCUT2D eigenvalue weighted by molar-refractivity contribution is 0.177. The Bertz CT molecular complexity index is 993. The van der Waals surface area contributed by atoms with Crippen molar-refractivity contribution in [3.05, 3.63) is 82.5 Å². The highest BCUT2D eigenvalue weighted by Gasteiger charge is 2.19. The van der Waals surface area contributed by atoms with Crippen molar-refractivity contribution in [3.63, 3.8) is 0 Å². The highest BCUT2D eigenvalue weighted by atomic mass is 35.5. The second-order valence-corrected chi connectivity index (χ2v) is 8.46. The number of benzene rings is 2. The molecule has 2 aromatic carbocycles. The molecule has 2 heterocycles. The predicted molar refractivity (Wildman–Crippen MR) is 127 cm³/mol. The average Bonchev–Trinajstić information content (AvgIpc) is 3.19. The van der Waals surface area contributed by atoms with Crippen LogP contribution in [0, 0.1) is 6.92 Å². The van der Waals surface area contributed by atoms with Crippen molar-refractivity contribution >= 4 is 34.7 Å². The van der Waals surface area contributed by atoms with Crippen molar-refractivity contribution in [2.75, 3.05) is 31.5 Å². The van der Waals surface area contributed by atoms with E-state index in [1.54, 1.807) is 0 Å². The van der Waals surface area contributed by atoms with Crippen LogP contribution >= 0.6 is 23.8 Å². The number of aryl methyl sites for hydroxylation is 1. The number of thiocarbonyl (C=S) groups is 1. The van der Waals surface area contributed by atoms with E-state index >= 15 is 0 Å². The molecule has 1 aromatic heterocycles. The highest BCUT2D eigenvalue weighted by Crippen LogP contribution is 2.17. The maximum Gasteiger partial charge on any atom is 0.174 e. The van der Waals surface area contributed by atoms with Crippen LogP contribution in [0.2, 0.25) is 5.02 Å². The van der Waals surface area contributed by atoms with E-state index < -0.39 is 0 Å². The van der Waals surface area contributed by atoms with Gasteiger partial charge in [-0.15, -0.1) is 0 Å². The van der Waals surface area contributed by atoms with E-state index in [1.165, 1.54) is 11.1 Å². The molecule has 0 spiro atoms. The Hall–Kier alpha value is -2.41. The molecule has 1 fully saturated rings. The molecule has 0 saturated carbocycles. The van der Waals surface area contributed by atoms with Crippen molar-refractivity contribution in [3.8, 4) is 0 Å². The zero-order chi connectivity index (χ0) is 20.9. The first kappa shape index (κ1) is 20.8. The van der Waals surface area contributed by atoms with Gasteiger partial charge in [0.05, 0.1) is 6.54 Å². The molecule has 7 heteroatoms. The molecule has 0 amide bonds. The summed E-state index contributed by atoms with van der Waals surface area (Å²) in [4.78, 5) is 4.69. The standard InChI is InChI=1S/C23H26ClN5S/c1-18-6-8-19(9-7-18)16-27-12-14-28(15-13-27)23(30)25-22-10-11-29(26-22)17-20-4-2-3-5-21(20)24/h2-11H,12-17H2,1H3,(H,25,26,30). The second-order valence-electron chi connectivity index (χ2n) is 7.67. The Morgan fingerprint density at radius 2 is 1.73 bits per heavy atom. The van der Waals surface area contributed by atoms with Gasteiger partial charge in [-0.3, -0.25) is 9.58 Å². The molecule has 1 aliphatic heterocycles. The van der Waals surface area contributed by atoms with E-state index in [-0.39, 0.29) is 0 Å². The molecule has 3 aromatic rings. The molecule has 1 saturated heterocycles. The van der Waals surface area contributed by atoms with Crippen LogP contribution in [0.15, 0.2) is 60.8 Å². The van der Waals surface area contributed by atoms with Crippen LogP contribution in [-0.2, 0) is 13.1 Å². The van der Waals surface area contributed by atoms with Gasteiger partial charge in [-0.2, -0.15) is 5.10 Å². The van der Waals surface area contributed by atoms with Crippen LogP contribution in [-0.4, -0.2) is 50.9 Å². The summed E-state index contributed by atoms with van der Waals surface area (Å²) >= 11 is 11.9. The zero-order valence-corrected chi connectivity index (χ0v) is 18.7. The number of nitrogens with zero attached hydrogens (tertiary/aromatic N) is 4. The number of halogens is 1. The number of hydrogen-bond donors (Lipinski definition) is 1. The van der Waals surface area contributed by atoms with Crippen LogP contribution in [0.3, 0.4) is 0 Å². The van der Waals surface area contributed by atoms with E-state index in [1.807, 2.05) is 41.2 Å². The third kappa shape index (κ3) is 5.39. The van der Waals surface area contributed by atoms with Gasteiger partial charge in [-0.25, -0.2) is 0 Å². The van der Waals surface area contributed by atoms with Gasteiger partial charge in [-0.05, 0) is 36.3 Å². The van der Waals surface area contributed by atoms with Crippen LogP contribution in [0.1, 0.15) is 16.7 Å². The summed E-state index contributed by atoms with van der Waals surface area (Å²) in [6, 6.07) is 18.5. The molecule has 4 rings (SSSR count). The van der Waals surface area contributed by atoms with Gasteiger partial charge >= 0.3 is 0 Å². The summed E-state index contributed by atoms with van der Waals surface area (Å²) in [6.45, 7) is 7.56. The summed E-state index contributed by atoms with van der Waals surface area (Å²) in [5.74, 6) is 0.758. The molecule has 156 valence electrons. The number of rotatable bonds is 5. The molecule has 0 bridgehead atoms. The van der Waals surface area contributed by atoms with Gasteiger partial charge in [0.15, 0.2) is 10.9 Å². The van der Waals surface area contributed by atoms with Gasteiger partial charge in [0.25, 0.3) is 0 Å². The predicted octanol–water partition coefficient (Wildman–Crippen LogP) is 4.41. The lowest BCUT2D eigenvalue weighted by Crippen LogP contribution is -2.49. The van der Waals surface area contributed by atoms with Crippen LogP contribution in [0.4, 0.5) is 5.82 Å². The van der Waals surface area contributed by atoms with E-state index in [0.29, 0.717) is 6.54 Å². The fourth-order valence-electron chi connectivity index (χ4n) is 3.57. The molecular weight excluding hydrogens is 414 g/mol. The largest absolute Gasteiger partial charge is 0.346 e. The van der Waals surface area contributed by atoms with Gasteiger partial charge < -0.3 is 10.2 Å². The SMILES string of the molecule is Cc1ccc(CN2CCN(C(=S)Nc3ccn(Cc4ccccc4Cl)n3)CC2)cc1. The number of aromatic nitrogens is 2. The van der Waals surface area contributed by atoms with E-state index in [9.17, 15) is 0 Å². The van der Waals surface area contributed by atoms with Crippen LogP contribution in [0.5, 0.6) is 0 Å². The summed E-state index contributed by atoms with van der Waals surface area (Å²) in [6.07, 6.45) is 1.94. The van der Waals surface area contributed by atoms with Gasteiger partial charge in [-0.1, -0.05) is 59.6 Å². The zero-order valence-electron chi connectivity index (χ0n) is 17.1. The first-order valence-electron chi connectivity index (χ1n) is 10.2. The monoisotopic (exact) mass is 439 g/mol. The van der Waals surface area contributed by atoms with E-state index in [4.69, 9.17) is 23.8 Å². The second kappa shape index (κ2) is 9.60.